The van der Waals surface area contributed by atoms with Gasteiger partial charge >= 0.3 is 0 Å². The topological polar surface area (TPSA) is 58.4 Å². The van der Waals surface area contributed by atoms with E-state index < -0.39 is 0 Å². The van der Waals surface area contributed by atoms with Crippen molar-refractivity contribution in [1.82, 2.24) is 14.7 Å². The second-order valence-electron chi connectivity index (χ2n) is 5.24. The third kappa shape index (κ3) is 4.08. The van der Waals surface area contributed by atoms with Crippen LogP contribution in [0, 0.1) is 6.92 Å². The first-order valence-corrected chi connectivity index (χ1v) is 7.54. The van der Waals surface area contributed by atoms with Crippen LogP contribution < -0.4 is 0 Å². The molecule has 0 unspecified atom stereocenters. The standard InChI is InChI=1S/C16H20ClN3O2/c1-12-15(11-19(2)18-12)16(22)20(7-4-8-21)10-13-5-3-6-14(17)9-13/h3,5-6,9,11,21H,4,7-8,10H2,1-2H3. The molecule has 0 aliphatic carbocycles. The molecule has 5 nitrogen and oxygen atoms in total. The molecule has 118 valence electrons. The van der Waals surface area contributed by atoms with Crippen molar-refractivity contribution in [2.75, 3.05) is 13.2 Å². The van der Waals surface area contributed by atoms with Crippen LogP contribution in [0.2, 0.25) is 5.02 Å². The number of hydrogen-bond acceptors (Lipinski definition) is 3. The zero-order chi connectivity index (χ0) is 16.1. The molecular formula is C16H20ClN3O2. The van der Waals surface area contributed by atoms with Gasteiger partial charge in [0.2, 0.25) is 0 Å². The second kappa shape index (κ2) is 7.42. The minimum absolute atomic E-state index is 0.0470. The lowest BCUT2D eigenvalue weighted by Gasteiger charge is -2.22. The van der Waals surface area contributed by atoms with E-state index in [4.69, 9.17) is 16.7 Å². The number of amides is 1. The third-order valence-electron chi connectivity index (χ3n) is 3.38. The van der Waals surface area contributed by atoms with Crippen molar-refractivity contribution in [3.63, 3.8) is 0 Å². The van der Waals surface area contributed by atoms with Gasteiger partial charge in [0, 0.05) is 38.0 Å². The van der Waals surface area contributed by atoms with Crippen LogP contribution in [0.5, 0.6) is 0 Å². The molecule has 0 spiro atoms. The highest BCUT2D eigenvalue weighted by atomic mass is 35.5. The van der Waals surface area contributed by atoms with Crippen LogP contribution in [0.15, 0.2) is 30.5 Å². The molecule has 0 saturated heterocycles. The van der Waals surface area contributed by atoms with Crippen LogP contribution in [0.3, 0.4) is 0 Å². The van der Waals surface area contributed by atoms with Crippen molar-refractivity contribution in [1.29, 1.82) is 0 Å². The Labute approximate surface area is 135 Å². The van der Waals surface area contributed by atoms with E-state index >= 15 is 0 Å². The molecule has 0 aliphatic rings. The fourth-order valence-electron chi connectivity index (χ4n) is 2.35. The molecule has 0 bridgehead atoms. The number of carbonyl (C=O) groups excluding carboxylic acids is 1. The summed E-state index contributed by atoms with van der Waals surface area (Å²) in [5, 5.41) is 13.9. The van der Waals surface area contributed by atoms with Gasteiger partial charge in [0.15, 0.2) is 0 Å². The summed E-state index contributed by atoms with van der Waals surface area (Å²) < 4.78 is 1.63. The number of aromatic nitrogens is 2. The SMILES string of the molecule is Cc1nn(C)cc1C(=O)N(CCCO)Cc1cccc(Cl)c1. The average Bonchev–Trinajstić information content (AvgIpc) is 2.81. The minimum Gasteiger partial charge on any atom is -0.396 e. The Balaban J connectivity index is 2.21. The highest BCUT2D eigenvalue weighted by molar-refractivity contribution is 6.30. The molecule has 1 amide bonds. The molecular weight excluding hydrogens is 302 g/mol. The summed E-state index contributed by atoms with van der Waals surface area (Å²) in [4.78, 5) is 14.4. The van der Waals surface area contributed by atoms with Crippen LogP contribution in [-0.2, 0) is 13.6 Å². The van der Waals surface area contributed by atoms with Crippen LogP contribution in [0.25, 0.3) is 0 Å². The lowest BCUT2D eigenvalue weighted by atomic mass is 10.1. The molecule has 2 aromatic rings. The van der Waals surface area contributed by atoms with Crippen LogP contribution in [-0.4, -0.2) is 38.8 Å². The van der Waals surface area contributed by atoms with E-state index in [9.17, 15) is 4.79 Å². The largest absolute Gasteiger partial charge is 0.396 e. The van der Waals surface area contributed by atoms with Gasteiger partial charge < -0.3 is 10.0 Å². The van der Waals surface area contributed by atoms with Crippen molar-refractivity contribution in [2.45, 2.75) is 19.9 Å². The van der Waals surface area contributed by atoms with Crippen molar-refractivity contribution in [2.24, 2.45) is 7.05 Å². The Hall–Kier alpha value is -1.85. The first-order chi connectivity index (χ1) is 10.5. The normalized spacial score (nSPS) is 10.7. The van der Waals surface area contributed by atoms with Crippen molar-refractivity contribution >= 4 is 17.5 Å². The Bertz CT molecular complexity index is 655. The monoisotopic (exact) mass is 321 g/mol. The van der Waals surface area contributed by atoms with E-state index in [0.717, 1.165) is 5.56 Å². The van der Waals surface area contributed by atoms with Crippen LogP contribution >= 0.6 is 11.6 Å². The molecule has 0 radical (unpaired) electrons. The number of hydrogen-bond donors (Lipinski definition) is 1. The Morgan fingerprint density at radius 3 is 2.82 bits per heavy atom. The van der Waals surface area contributed by atoms with Crippen LogP contribution in [0.4, 0.5) is 0 Å². The molecule has 6 heteroatoms. The average molecular weight is 322 g/mol. The molecule has 22 heavy (non-hydrogen) atoms. The van der Waals surface area contributed by atoms with Crippen molar-refractivity contribution in [3.05, 3.63) is 52.3 Å². The molecule has 1 N–H and O–H groups in total. The zero-order valence-corrected chi connectivity index (χ0v) is 13.5. The van der Waals surface area contributed by atoms with E-state index in [-0.39, 0.29) is 12.5 Å². The van der Waals surface area contributed by atoms with Gasteiger partial charge in [-0.15, -0.1) is 0 Å². The minimum atomic E-state index is -0.0842. The van der Waals surface area contributed by atoms with Gasteiger partial charge in [-0.3, -0.25) is 9.48 Å². The highest BCUT2D eigenvalue weighted by Crippen LogP contribution is 2.16. The van der Waals surface area contributed by atoms with Gasteiger partial charge in [0.25, 0.3) is 5.91 Å². The number of benzene rings is 1. The molecule has 2 rings (SSSR count). The summed E-state index contributed by atoms with van der Waals surface area (Å²) in [6, 6.07) is 7.44. The number of halogens is 1. The smallest absolute Gasteiger partial charge is 0.257 e. The molecule has 1 aromatic carbocycles. The summed E-state index contributed by atoms with van der Waals surface area (Å²) in [6.07, 6.45) is 2.26. The number of aliphatic hydroxyl groups is 1. The van der Waals surface area contributed by atoms with Crippen LogP contribution in [0.1, 0.15) is 28.0 Å². The van der Waals surface area contributed by atoms with Gasteiger partial charge in [-0.05, 0) is 31.0 Å². The maximum absolute atomic E-state index is 12.7. The maximum Gasteiger partial charge on any atom is 0.257 e. The molecule has 0 saturated carbocycles. The van der Waals surface area contributed by atoms with E-state index in [1.54, 1.807) is 28.9 Å². The molecule has 0 atom stereocenters. The van der Waals surface area contributed by atoms with Crippen molar-refractivity contribution < 1.29 is 9.90 Å². The summed E-state index contributed by atoms with van der Waals surface area (Å²) in [5.74, 6) is -0.0842. The molecule has 0 fully saturated rings. The highest BCUT2D eigenvalue weighted by Gasteiger charge is 2.20. The fraction of sp³-hybridized carbons (Fsp3) is 0.375. The Kier molecular flexibility index (Phi) is 5.57. The van der Waals surface area contributed by atoms with Gasteiger partial charge in [-0.2, -0.15) is 5.10 Å². The predicted molar refractivity (Wildman–Crippen MR) is 85.8 cm³/mol. The predicted octanol–water partition coefficient (Wildman–Crippen LogP) is 2.41. The Morgan fingerprint density at radius 1 is 1.45 bits per heavy atom. The van der Waals surface area contributed by atoms with Gasteiger partial charge in [0.05, 0.1) is 11.3 Å². The molecule has 0 aliphatic heterocycles. The summed E-state index contributed by atoms with van der Waals surface area (Å²) in [5.41, 5.74) is 2.25. The first kappa shape index (κ1) is 16.5. The summed E-state index contributed by atoms with van der Waals surface area (Å²) in [6.45, 7) is 2.80. The van der Waals surface area contributed by atoms with E-state index in [0.29, 0.717) is 35.8 Å². The second-order valence-corrected chi connectivity index (χ2v) is 5.67. The van der Waals surface area contributed by atoms with E-state index in [1.165, 1.54) is 0 Å². The van der Waals surface area contributed by atoms with E-state index in [2.05, 4.69) is 5.10 Å². The third-order valence-corrected chi connectivity index (χ3v) is 3.61. The van der Waals surface area contributed by atoms with Crippen molar-refractivity contribution in [3.8, 4) is 0 Å². The first-order valence-electron chi connectivity index (χ1n) is 7.16. The summed E-state index contributed by atoms with van der Waals surface area (Å²) >= 11 is 6.00. The lowest BCUT2D eigenvalue weighted by molar-refractivity contribution is 0.0731. The number of aryl methyl sites for hydroxylation is 2. The fourth-order valence-corrected chi connectivity index (χ4v) is 2.56. The Morgan fingerprint density at radius 2 is 2.23 bits per heavy atom. The quantitative estimate of drug-likeness (QED) is 0.889. The lowest BCUT2D eigenvalue weighted by Crippen LogP contribution is -2.32. The number of rotatable bonds is 6. The number of aliphatic hydroxyl groups excluding tert-OH is 1. The molecule has 1 aromatic heterocycles. The number of nitrogens with zero attached hydrogens (tertiary/aromatic N) is 3. The van der Waals surface area contributed by atoms with Gasteiger partial charge in [-0.1, -0.05) is 23.7 Å². The number of carbonyl (C=O) groups is 1. The summed E-state index contributed by atoms with van der Waals surface area (Å²) in [7, 11) is 1.79. The van der Waals surface area contributed by atoms with E-state index in [1.807, 2.05) is 25.1 Å². The maximum atomic E-state index is 12.7. The molecule has 1 heterocycles. The van der Waals surface area contributed by atoms with Gasteiger partial charge in [-0.25, -0.2) is 0 Å². The zero-order valence-electron chi connectivity index (χ0n) is 12.8. The van der Waals surface area contributed by atoms with Gasteiger partial charge in [0.1, 0.15) is 0 Å².